The monoisotopic (exact) mass is 946 g/mol. The summed E-state index contributed by atoms with van der Waals surface area (Å²) in [5, 5.41) is 3.60. The third-order valence-electron chi connectivity index (χ3n) is 15.2. The summed E-state index contributed by atoms with van der Waals surface area (Å²) >= 11 is 1.85. The SMILES string of the molecule is c1ccc(-c2ccc3c(c2)C2(c4ccccc4Oc4ccccc42)c2cc(-c4nc(-c5ccc(-c6ccc(-c7ccccc7)c(-c7ccc8sc9ccccc9c8c7)c6)cc5)nc5ccccc45)ccc2-3)cc1. The molecule has 0 saturated carbocycles. The van der Waals surface area contributed by atoms with E-state index in [0.29, 0.717) is 5.82 Å². The number of para-hydroxylation sites is 3. The van der Waals surface area contributed by atoms with Crippen molar-refractivity contribution in [3.05, 3.63) is 277 Å². The van der Waals surface area contributed by atoms with E-state index in [1.54, 1.807) is 0 Å². The van der Waals surface area contributed by atoms with E-state index in [9.17, 15) is 0 Å². The van der Waals surface area contributed by atoms with Gasteiger partial charge in [-0.25, -0.2) is 9.97 Å². The highest BCUT2D eigenvalue weighted by Crippen LogP contribution is 2.63. The number of benzene rings is 11. The molecule has 340 valence electrons. The second-order valence-corrected chi connectivity index (χ2v) is 20.2. The van der Waals surface area contributed by atoms with E-state index in [1.165, 1.54) is 75.8 Å². The van der Waals surface area contributed by atoms with Crippen molar-refractivity contribution in [1.82, 2.24) is 9.97 Å². The minimum absolute atomic E-state index is 0.650. The van der Waals surface area contributed by atoms with Crippen LogP contribution < -0.4 is 4.74 Å². The molecule has 0 N–H and O–H groups in total. The molecule has 2 aliphatic rings. The predicted molar refractivity (Wildman–Crippen MR) is 302 cm³/mol. The van der Waals surface area contributed by atoms with Crippen LogP contribution in [0.15, 0.2) is 255 Å². The summed E-state index contributed by atoms with van der Waals surface area (Å²) in [5.74, 6) is 2.42. The van der Waals surface area contributed by atoms with Crippen molar-refractivity contribution in [1.29, 1.82) is 0 Å². The van der Waals surface area contributed by atoms with Crippen molar-refractivity contribution in [3.63, 3.8) is 0 Å². The predicted octanol–water partition coefficient (Wildman–Crippen LogP) is 18.5. The molecule has 11 aromatic carbocycles. The molecule has 13 aromatic rings. The lowest BCUT2D eigenvalue weighted by Gasteiger charge is -2.39. The van der Waals surface area contributed by atoms with Crippen LogP contribution in [0.5, 0.6) is 11.5 Å². The smallest absolute Gasteiger partial charge is 0.160 e. The fourth-order valence-corrected chi connectivity index (χ4v) is 12.9. The van der Waals surface area contributed by atoms with Gasteiger partial charge in [-0.05, 0) is 121 Å². The van der Waals surface area contributed by atoms with Gasteiger partial charge in [0.15, 0.2) is 5.82 Å². The Bertz CT molecular complexity index is 4300. The average molecular weight is 947 g/mol. The lowest BCUT2D eigenvalue weighted by molar-refractivity contribution is 0.436. The summed E-state index contributed by atoms with van der Waals surface area (Å²) in [6.07, 6.45) is 0. The summed E-state index contributed by atoms with van der Waals surface area (Å²) in [4.78, 5) is 10.7. The minimum atomic E-state index is -0.650. The second-order valence-electron chi connectivity index (χ2n) is 19.2. The quantitative estimate of drug-likeness (QED) is 0.167. The molecular weight excluding hydrogens is 905 g/mol. The van der Waals surface area contributed by atoms with Gasteiger partial charge in [0.2, 0.25) is 0 Å². The summed E-state index contributed by atoms with van der Waals surface area (Å²) in [6, 6.07) is 92.2. The van der Waals surface area contributed by atoms with Crippen molar-refractivity contribution < 1.29 is 4.74 Å². The number of hydrogen-bond acceptors (Lipinski definition) is 4. The molecule has 0 bridgehead atoms. The Balaban J connectivity index is 0.859. The van der Waals surface area contributed by atoms with Crippen LogP contribution in [-0.2, 0) is 5.41 Å². The highest BCUT2D eigenvalue weighted by molar-refractivity contribution is 7.25. The van der Waals surface area contributed by atoms with Crippen LogP contribution in [0.25, 0.3) is 109 Å². The standard InChI is InChI=1S/C69H42N2OS/c1-3-15-43(16-4-1)48-32-36-52-53-37-33-50(42-61(53)69(60(52)41-48)58-21-9-12-24-63(58)72-64-25-13-10-22-59(64)69)67-55-20-7-11-23-62(55)70-68(71-67)46-29-27-44(28-30-46)47-31-35-51(45-17-5-2-6-18-45)56(39-47)49-34-38-66-57(40-49)54-19-8-14-26-65(54)73-66/h1-42H. The van der Waals surface area contributed by atoms with Gasteiger partial charge in [0.1, 0.15) is 11.5 Å². The first-order valence-corrected chi connectivity index (χ1v) is 25.7. The number of ether oxygens (including phenoxy) is 1. The summed E-state index contributed by atoms with van der Waals surface area (Å²) in [7, 11) is 0. The van der Waals surface area contributed by atoms with Crippen molar-refractivity contribution in [2.45, 2.75) is 5.41 Å². The third-order valence-corrected chi connectivity index (χ3v) is 16.3. The largest absolute Gasteiger partial charge is 0.457 e. The number of thiophene rings is 1. The normalized spacial score (nSPS) is 12.9. The Hall–Kier alpha value is -9.22. The average Bonchev–Trinajstić information content (AvgIpc) is 3.98. The Kier molecular flexibility index (Phi) is 9.35. The molecule has 73 heavy (non-hydrogen) atoms. The van der Waals surface area contributed by atoms with E-state index in [2.05, 4.69) is 255 Å². The zero-order chi connectivity index (χ0) is 48.0. The Morgan fingerprint density at radius 1 is 0.301 bits per heavy atom. The van der Waals surface area contributed by atoms with Crippen LogP contribution in [0.3, 0.4) is 0 Å². The summed E-state index contributed by atoms with van der Waals surface area (Å²) < 4.78 is 9.35. The fraction of sp³-hybridized carbons (Fsp3) is 0.0145. The van der Waals surface area contributed by atoms with Gasteiger partial charge in [-0.15, -0.1) is 11.3 Å². The van der Waals surface area contributed by atoms with Gasteiger partial charge in [-0.1, -0.05) is 200 Å². The van der Waals surface area contributed by atoms with Crippen LogP contribution >= 0.6 is 11.3 Å². The first-order valence-electron chi connectivity index (χ1n) is 24.9. The molecule has 4 heteroatoms. The Morgan fingerprint density at radius 3 is 1.56 bits per heavy atom. The highest BCUT2D eigenvalue weighted by Gasteiger charge is 2.51. The molecule has 1 spiro atoms. The van der Waals surface area contributed by atoms with Gasteiger partial charge in [0.25, 0.3) is 0 Å². The van der Waals surface area contributed by atoms with E-state index in [4.69, 9.17) is 14.7 Å². The summed E-state index contributed by atoms with van der Waals surface area (Å²) in [5.41, 5.74) is 19.7. The molecule has 0 fully saturated rings. The first kappa shape index (κ1) is 41.6. The van der Waals surface area contributed by atoms with E-state index in [1.807, 2.05) is 11.3 Å². The van der Waals surface area contributed by atoms with Crippen LogP contribution in [0, 0.1) is 0 Å². The molecule has 0 amide bonds. The number of nitrogens with zero attached hydrogens (tertiary/aromatic N) is 2. The van der Waals surface area contributed by atoms with Crippen LogP contribution in [0.1, 0.15) is 22.3 Å². The molecule has 0 radical (unpaired) electrons. The molecule has 3 heterocycles. The zero-order valence-corrected chi connectivity index (χ0v) is 40.3. The molecular formula is C69H42N2OS. The fourth-order valence-electron chi connectivity index (χ4n) is 11.8. The second kappa shape index (κ2) is 16.4. The number of rotatable bonds is 6. The van der Waals surface area contributed by atoms with Crippen molar-refractivity contribution >= 4 is 42.4 Å². The lowest BCUT2D eigenvalue weighted by Crippen LogP contribution is -2.32. The van der Waals surface area contributed by atoms with Gasteiger partial charge in [-0.3, -0.25) is 0 Å². The van der Waals surface area contributed by atoms with Crippen LogP contribution in [0.2, 0.25) is 0 Å². The number of aromatic nitrogens is 2. The number of fused-ring (bicyclic) bond motifs is 13. The van der Waals surface area contributed by atoms with E-state index in [-0.39, 0.29) is 0 Å². The maximum Gasteiger partial charge on any atom is 0.160 e. The van der Waals surface area contributed by atoms with Crippen LogP contribution in [0.4, 0.5) is 0 Å². The van der Waals surface area contributed by atoms with E-state index in [0.717, 1.165) is 61.5 Å². The highest BCUT2D eigenvalue weighted by atomic mass is 32.1. The molecule has 3 nitrogen and oxygen atoms in total. The molecule has 1 aliphatic heterocycles. The Morgan fingerprint density at radius 2 is 0.822 bits per heavy atom. The zero-order valence-electron chi connectivity index (χ0n) is 39.5. The third kappa shape index (κ3) is 6.51. The molecule has 0 saturated heterocycles. The minimum Gasteiger partial charge on any atom is -0.457 e. The van der Waals surface area contributed by atoms with Crippen molar-refractivity contribution in [3.8, 4) is 89.8 Å². The first-order chi connectivity index (χ1) is 36.2. The van der Waals surface area contributed by atoms with Gasteiger partial charge in [-0.2, -0.15) is 0 Å². The molecule has 15 rings (SSSR count). The topological polar surface area (TPSA) is 35.0 Å². The molecule has 0 atom stereocenters. The molecule has 0 unspecified atom stereocenters. The van der Waals surface area contributed by atoms with Crippen LogP contribution in [-0.4, -0.2) is 9.97 Å². The number of hydrogen-bond donors (Lipinski definition) is 0. The van der Waals surface area contributed by atoms with Crippen molar-refractivity contribution in [2.75, 3.05) is 0 Å². The molecule has 1 aliphatic carbocycles. The summed E-state index contributed by atoms with van der Waals surface area (Å²) in [6.45, 7) is 0. The van der Waals surface area contributed by atoms with E-state index < -0.39 is 5.41 Å². The maximum absolute atomic E-state index is 6.74. The van der Waals surface area contributed by atoms with Gasteiger partial charge < -0.3 is 4.74 Å². The maximum atomic E-state index is 6.74. The van der Waals surface area contributed by atoms with Crippen molar-refractivity contribution in [2.24, 2.45) is 0 Å². The van der Waals surface area contributed by atoms with Gasteiger partial charge >= 0.3 is 0 Å². The molecule has 2 aromatic heterocycles. The lowest BCUT2D eigenvalue weighted by atomic mass is 9.65. The van der Waals surface area contributed by atoms with Gasteiger partial charge in [0.05, 0.1) is 16.6 Å². The van der Waals surface area contributed by atoms with Gasteiger partial charge in [0, 0.05) is 47.8 Å². The Labute approximate surface area is 427 Å². The van der Waals surface area contributed by atoms with E-state index >= 15 is 0 Å².